The van der Waals surface area contributed by atoms with Crippen LogP contribution in [0.2, 0.25) is 0 Å². The van der Waals surface area contributed by atoms with Crippen LogP contribution in [0.1, 0.15) is 45.1 Å². The summed E-state index contributed by atoms with van der Waals surface area (Å²) in [6, 6.07) is 29.6. The van der Waals surface area contributed by atoms with E-state index in [1.54, 1.807) is 24.4 Å². The number of carbonyl (C=O) groups excluding carboxylic acids is 1. The molecule has 45 heavy (non-hydrogen) atoms. The molecule has 1 aliphatic heterocycles. The number of nitro benzene ring substituents is 1. The van der Waals surface area contributed by atoms with Crippen molar-refractivity contribution in [3.8, 4) is 5.69 Å². The van der Waals surface area contributed by atoms with Crippen molar-refractivity contribution in [1.82, 2.24) is 14.9 Å². The monoisotopic (exact) mass is 635 g/mol. The number of non-ortho nitro benzene ring substituents is 1. The Labute approximate surface area is 270 Å². The molecule has 11 heteroatoms. The lowest BCUT2D eigenvalue weighted by atomic mass is 9.96. The third kappa shape index (κ3) is 5.92. The number of nitrogens with zero attached hydrogens (tertiary/aromatic N) is 4. The molecule has 0 amide bonds. The van der Waals surface area contributed by atoms with E-state index in [9.17, 15) is 14.9 Å². The summed E-state index contributed by atoms with van der Waals surface area (Å²) in [5.74, 6) is -0.388. The number of hydrogen-bond donors (Lipinski definition) is 1. The predicted octanol–water partition coefficient (Wildman–Crippen LogP) is 7.51. The number of nitro groups is 1. The van der Waals surface area contributed by atoms with Gasteiger partial charge in [0.1, 0.15) is 0 Å². The van der Waals surface area contributed by atoms with Crippen molar-refractivity contribution in [2.24, 2.45) is 0 Å². The maximum absolute atomic E-state index is 12.3. The van der Waals surface area contributed by atoms with E-state index in [-0.39, 0.29) is 23.7 Å². The molecule has 0 radical (unpaired) electrons. The lowest BCUT2D eigenvalue weighted by molar-refractivity contribution is -0.384. The van der Waals surface area contributed by atoms with Crippen LogP contribution in [0.15, 0.2) is 113 Å². The molecule has 0 unspecified atom stereocenters. The Morgan fingerprint density at radius 3 is 2.31 bits per heavy atom. The molecule has 0 bridgehead atoms. The summed E-state index contributed by atoms with van der Waals surface area (Å²) < 4.78 is 7.10. The fourth-order valence-electron chi connectivity index (χ4n) is 5.77. The second-order valence-corrected chi connectivity index (χ2v) is 12.1. The molecule has 3 aromatic carbocycles. The molecule has 1 saturated heterocycles. The molecule has 226 valence electrons. The second-order valence-electron chi connectivity index (χ2n) is 10.5. The zero-order valence-corrected chi connectivity index (χ0v) is 26.3. The number of aromatic nitrogens is 2. The molecular formula is C34H29N5O4S2. The van der Waals surface area contributed by atoms with Gasteiger partial charge in [-0.2, -0.15) is 0 Å². The highest BCUT2D eigenvalue weighted by Crippen LogP contribution is 2.44. The van der Waals surface area contributed by atoms with Gasteiger partial charge in [0, 0.05) is 50.9 Å². The van der Waals surface area contributed by atoms with Gasteiger partial charge in [-0.3, -0.25) is 15.1 Å². The number of benzene rings is 3. The lowest BCUT2D eigenvalue weighted by Gasteiger charge is -2.28. The molecule has 2 aromatic heterocycles. The number of carbonyl (C=O) groups is 1. The maximum Gasteiger partial charge on any atom is 0.337 e. The zero-order chi connectivity index (χ0) is 31.7. The minimum atomic E-state index is -0.401. The van der Waals surface area contributed by atoms with Gasteiger partial charge in [0.25, 0.3) is 5.69 Å². The van der Waals surface area contributed by atoms with E-state index >= 15 is 0 Å². The first-order chi connectivity index (χ1) is 21.7. The summed E-state index contributed by atoms with van der Waals surface area (Å²) in [5.41, 5.74) is 6.29. The predicted molar refractivity (Wildman–Crippen MR) is 178 cm³/mol. The van der Waals surface area contributed by atoms with Crippen LogP contribution in [0.4, 0.5) is 11.4 Å². The normalized spacial score (nSPS) is 16.0. The number of aryl methyl sites for hydroxylation is 1. The highest BCUT2D eigenvalue weighted by Gasteiger charge is 2.42. The van der Waals surface area contributed by atoms with E-state index in [1.807, 2.05) is 67.6 Å². The highest BCUT2D eigenvalue weighted by atomic mass is 32.2. The quantitative estimate of drug-likeness (QED) is 0.0803. The molecule has 3 heterocycles. The minimum Gasteiger partial charge on any atom is -0.465 e. The van der Waals surface area contributed by atoms with E-state index in [4.69, 9.17) is 17.0 Å². The number of anilines is 1. The number of methoxy groups -OCH3 is 1. The lowest BCUT2D eigenvalue weighted by Crippen LogP contribution is -2.29. The average Bonchev–Trinajstić information content (AvgIpc) is 3.56. The fraction of sp³-hybridized carbons (Fsp3) is 0.147. The SMILES string of the molecule is COC(=O)c1cccc(-n2c(C)cc([C@@H]3[C@H](c4ccccn4)NC(=S)N3c3ccc(Sc4ccc([N+](=O)[O-])cc4)cc3)c2C)c1. The molecule has 5 aromatic rings. The number of esters is 1. The van der Waals surface area contributed by atoms with E-state index < -0.39 is 4.92 Å². The van der Waals surface area contributed by atoms with Gasteiger partial charge in [-0.1, -0.05) is 23.9 Å². The topological polar surface area (TPSA) is 103 Å². The summed E-state index contributed by atoms with van der Waals surface area (Å²) in [5, 5.41) is 15.1. The van der Waals surface area contributed by atoms with Crippen molar-refractivity contribution in [2.45, 2.75) is 35.7 Å². The maximum atomic E-state index is 12.3. The van der Waals surface area contributed by atoms with Crippen LogP contribution in [0, 0.1) is 24.0 Å². The largest absolute Gasteiger partial charge is 0.465 e. The van der Waals surface area contributed by atoms with Crippen LogP contribution in [-0.2, 0) is 4.74 Å². The summed E-state index contributed by atoms with van der Waals surface area (Å²) in [7, 11) is 1.38. The third-order valence-corrected chi connectivity index (χ3v) is 9.14. The second kappa shape index (κ2) is 12.5. The highest BCUT2D eigenvalue weighted by molar-refractivity contribution is 7.99. The first-order valence-corrected chi connectivity index (χ1v) is 15.4. The van der Waals surface area contributed by atoms with Crippen LogP contribution >= 0.6 is 24.0 Å². The Bertz CT molecular complexity index is 1890. The minimum absolute atomic E-state index is 0.0637. The van der Waals surface area contributed by atoms with E-state index in [2.05, 4.69) is 32.8 Å². The van der Waals surface area contributed by atoms with E-state index in [1.165, 1.54) is 31.0 Å². The molecular weight excluding hydrogens is 607 g/mol. The first-order valence-electron chi connectivity index (χ1n) is 14.2. The van der Waals surface area contributed by atoms with Crippen molar-refractivity contribution in [3.63, 3.8) is 0 Å². The number of ether oxygens (including phenoxy) is 1. The van der Waals surface area contributed by atoms with Crippen molar-refractivity contribution >= 4 is 46.4 Å². The number of nitrogens with one attached hydrogen (secondary N) is 1. The molecule has 1 N–H and O–H groups in total. The van der Waals surface area contributed by atoms with Crippen molar-refractivity contribution in [1.29, 1.82) is 0 Å². The third-order valence-electron chi connectivity index (χ3n) is 7.81. The summed E-state index contributed by atoms with van der Waals surface area (Å²) >= 11 is 7.48. The van der Waals surface area contributed by atoms with E-state index in [0.29, 0.717) is 10.7 Å². The molecule has 0 aliphatic carbocycles. The van der Waals surface area contributed by atoms with Crippen molar-refractivity contribution in [3.05, 3.63) is 142 Å². The molecule has 2 atom stereocenters. The Kier molecular flexibility index (Phi) is 8.38. The number of hydrogen-bond acceptors (Lipinski definition) is 7. The van der Waals surface area contributed by atoms with Crippen LogP contribution in [0.25, 0.3) is 5.69 Å². The van der Waals surface area contributed by atoms with Gasteiger partial charge in [-0.25, -0.2) is 4.79 Å². The number of pyridine rings is 1. The van der Waals surface area contributed by atoms with Gasteiger partial charge in [0.2, 0.25) is 0 Å². The van der Waals surface area contributed by atoms with Crippen LogP contribution in [0.3, 0.4) is 0 Å². The van der Waals surface area contributed by atoms with Gasteiger partial charge >= 0.3 is 5.97 Å². The average molecular weight is 636 g/mol. The van der Waals surface area contributed by atoms with Crippen LogP contribution < -0.4 is 10.2 Å². The molecule has 0 spiro atoms. The molecule has 0 saturated carbocycles. The number of rotatable bonds is 8. The summed E-state index contributed by atoms with van der Waals surface area (Å²) in [6.45, 7) is 4.12. The Morgan fingerprint density at radius 2 is 1.67 bits per heavy atom. The fourth-order valence-corrected chi connectivity index (χ4v) is 6.93. The molecule has 1 fully saturated rings. The van der Waals surface area contributed by atoms with Crippen molar-refractivity contribution in [2.75, 3.05) is 12.0 Å². The van der Waals surface area contributed by atoms with Gasteiger partial charge in [0.05, 0.1) is 35.4 Å². The Morgan fingerprint density at radius 1 is 0.956 bits per heavy atom. The Balaban J connectivity index is 1.38. The number of thiocarbonyl (C=S) groups is 1. The smallest absolute Gasteiger partial charge is 0.337 e. The standard InChI is InChI=1S/C34H29N5O4S2/c1-21-19-29(22(2)37(21)26-8-6-7-23(20-26)33(40)43-3)32-31(30-9-4-5-18-35-30)36-34(44)38(32)24-10-14-27(15-11-24)45-28-16-12-25(13-17-28)39(41)42/h4-20,31-32H,1-3H3,(H,36,44)/t31-,32+/m0/s1. The van der Waals surface area contributed by atoms with Crippen molar-refractivity contribution < 1.29 is 14.5 Å². The van der Waals surface area contributed by atoms with E-state index in [0.717, 1.165) is 43.8 Å². The molecule has 9 nitrogen and oxygen atoms in total. The van der Waals surface area contributed by atoms with Crippen LogP contribution in [-0.4, -0.2) is 32.7 Å². The Hall–Kier alpha value is -5.00. The molecule has 6 rings (SSSR count). The van der Waals surface area contributed by atoms with Gasteiger partial charge in [-0.15, -0.1) is 0 Å². The zero-order valence-electron chi connectivity index (χ0n) is 24.7. The first kappa shape index (κ1) is 30.0. The van der Waals surface area contributed by atoms with Gasteiger partial charge in [-0.05, 0) is 104 Å². The summed E-state index contributed by atoms with van der Waals surface area (Å²) in [6.07, 6.45) is 1.78. The van der Waals surface area contributed by atoms with Gasteiger partial charge < -0.3 is 19.5 Å². The van der Waals surface area contributed by atoms with Crippen LogP contribution in [0.5, 0.6) is 0 Å². The molecule has 1 aliphatic rings. The van der Waals surface area contributed by atoms with Gasteiger partial charge in [0.15, 0.2) is 5.11 Å². The summed E-state index contributed by atoms with van der Waals surface area (Å²) in [4.78, 5) is 31.6.